The van der Waals surface area contributed by atoms with Gasteiger partial charge >= 0.3 is 18.1 Å². The molecule has 4 nitrogen and oxygen atoms in total. The van der Waals surface area contributed by atoms with E-state index in [2.05, 4.69) is 0 Å². The number of halogens is 3. The Morgan fingerprint density at radius 2 is 1.16 bits per heavy atom. The molecule has 2 N–H and O–H groups in total. The highest BCUT2D eigenvalue weighted by atomic mass is 32.2. The fourth-order valence-corrected chi connectivity index (χ4v) is 4.94. The van der Waals surface area contributed by atoms with Crippen LogP contribution in [-0.2, 0) is 14.3 Å². The van der Waals surface area contributed by atoms with E-state index in [1.807, 2.05) is 91.0 Å². The zero-order valence-corrected chi connectivity index (χ0v) is 17.6. The van der Waals surface area contributed by atoms with E-state index in [9.17, 15) is 27.9 Å². The van der Waals surface area contributed by atoms with Gasteiger partial charge in [-0.05, 0) is 16.7 Å². The van der Waals surface area contributed by atoms with Crippen molar-refractivity contribution in [2.24, 2.45) is 0 Å². The summed E-state index contributed by atoms with van der Waals surface area (Å²) in [5, 5.41) is 11.1. The summed E-state index contributed by atoms with van der Waals surface area (Å²) in [4.78, 5) is 23.1. The maximum atomic E-state index is 12.7. The Bertz CT molecular complexity index is 948. The summed E-state index contributed by atoms with van der Waals surface area (Å²) in [5.41, 5.74) is 2.48. The molecule has 3 rings (SSSR count). The van der Waals surface area contributed by atoms with Crippen LogP contribution in [0.5, 0.6) is 0 Å². The van der Waals surface area contributed by atoms with Gasteiger partial charge < -0.3 is 10.4 Å². The number of nitrogens with one attached hydrogen (secondary N) is 1. The lowest BCUT2D eigenvalue weighted by Crippen LogP contribution is -2.48. The molecule has 0 heterocycles. The maximum Gasteiger partial charge on any atom is 0.471 e. The number of benzene rings is 3. The third-order valence-corrected chi connectivity index (χ3v) is 6.51. The number of thioether (sulfide) groups is 1. The van der Waals surface area contributed by atoms with Crippen molar-refractivity contribution >= 4 is 23.6 Å². The van der Waals surface area contributed by atoms with Crippen molar-refractivity contribution in [3.8, 4) is 0 Å². The Morgan fingerprint density at radius 3 is 1.47 bits per heavy atom. The van der Waals surface area contributed by atoms with Gasteiger partial charge in [-0.15, -0.1) is 11.8 Å². The second-order valence-electron chi connectivity index (χ2n) is 6.95. The van der Waals surface area contributed by atoms with E-state index in [0.29, 0.717) is 0 Å². The fourth-order valence-electron chi connectivity index (χ4n) is 3.39. The number of carbonyl (C=O) groups excluding carboxylic acids is 1. The number of amides is 1. The normalized spacial score (nSPS) is 12.7. The maximum absolute atomic E-state index is 12.7. The standard InChI is InChI=1S/C24H20F3NO3S/c25-24(26,27)22(31)28-20(21(29)30)16-32-23(17-10-4-1-5-11-17,18-12-6-2-7-13-18)19-14-8-3-9-15-19/h1-15,20H,16H2,(H,28,31)(H,29,30)/t20-/m1/s1. The first-order valence-electron chi connectivity index (χ1n) is 9.66. The van der Waals surface area contributed by atoms with E-state index in [1.54, 1.807) is 5.32 Å². The van der Waals surface area contributed by atoms with Gasteiger partial charge in [-0.3, -0.25) is 4.79 Å². The Labute approximate surface area is 187 Å². The lowest BCUT2D eigenvalue weighted by molar-refractivity contribution is -0.175. The van der Waals surface area contributed by atoms with Crippen LogP contribution in [0.25, 0.3) is 0 Å². The summed E-state index contributed by atoms with van der Waals surface area (Å²) >= 11 is 1.15. The number of aliphatic carboxylic acids is 1. The monoisotopic (exact) mass is 459 g/mol. The number of carboxylic acid groups (broad SMARTS) is 1. The van der Waals surface area contributed by atoms with Crippen LogP contribution in [-0.4, -0.2) is 35.0 Å². The van der Waals surface area contributed by atoms with Gasteiger partial charge in [-0.2, -0.15) is 13.2 Å². The molecule has 0 aliphatic rings. The number of carbonyl (C=O) groups is 2. The Kier molecular flexibility index (Phi) is 7.25. The Balaban J connectivity index is 2.08. The molecular weight excluding hydrogens is 439 g/mol. The molecule has 1 amide bonds. The van der Waals surface area contributed by atoms with Crippen LogP contribution in [0.1, 0.15) is 16.7 Å². The lowest BCUT2D eigenvalue weighted by Gasteiger charge is -2.36. The van der Waals surface area contributed by atoms with Crippen molar-refractivity contribution in [1.29, 1.82) is 0 Å². The summed E-state index contributed by atoms with van der Waals surface area (Å²) < 4.78 is 37.3. The first-order chi connectivity index (χ1) is 15.2. The lowest BCUT2D eigenvalue weighted by atomic mass is 9.84. The van der Waals surface area contributed by atoms with Gasteiger partial charge in [0.15, 0.2) is 0 Å². The van der Waals surface area contributed by atoms with Gasteiger partial charge in [0.25, 0.3) is 0 Å². The third kappa shape index (κ3) is 5.13. The highest BCUT2D eigenvalue weighted by Crippen LogP contribution is 2.48. The minimum Gasteiger partial charge on any atom is -0.480 e. The van der Waals surface area contributed by atoms with Crippen molar-refractivity contribution in [2.45, 2.75) is 17.0 Å². The van der Waals surface area contributed by atoms with Crippen molar-refractivity contribution in [3.63, 3.8) is 0 Å². The average Bonchev–Trinajstić information content (AvgIpc) is 2.80. The van der Waals surface area contributed by atoms with Crippen LogP contribution < -0.4 is 5.32 Å². The topological polar surface area (TPSA) is 66.4 Å². The number of carboxylic acids is 1. The number of alkyl halides is 3. The molecule has 0 radical (unpaired) electrons. The van der Waals surface area contributed by atoms with Crippen molar-refractivity contribution < 1.29 is 27.9 Å². The van der Waals surface area contributed by atoms with Crippen LogP contribution in [0.15, 0.2) is 91.0 Å². The predicted octanol–water partition coefficient (Wildman–Crippen LogP) is 4.84. The van der Waals surface area contributed by atoms with E-state index in [0.717, 1.165) is 28.5 Å². The molecule has 1 atom stereocenters. The summed E-state index contributed by atoms with van der Waals surface area (Å²) in [6.07, 6.45) is -5.17. The van der Waals surface area contributed by atoms with Crippen molar-refractivity contribution in [1.82, 2.24) is 5.32 Å². The molecule has 0 saturated carbocycles. The molecule has 8 heteroatoms. The SMILES string of the molecule is O=C(O)[C@@H](CSC(c1ccccc1)(c1ccccc1)c1ccccc1)NC(=O)C(F)(F)F. The second-order valence-corrected chi connectivity index (χ2v) is 8.19. The molecule has 0 aliphatic heterocycles. The van der Waals surface area contributed by atoms with E-state index >= 15 is 0 Å². The largest absolute Gasteiger partial charge is 0.480 e. The molecule has 32 heavy (non-hydrogen) atoms. The van der Waals surface area contributed by atoms with Gasteiger partial charge in [0.1, 0.15) is 6.04 Å². The van der Waals surface area contributed by atoms with Gasteiger partial charge in [0.05, 0.1) is 4.75 Å². The molecule has 0 bridgehead atoms. The molecule has 0 aromatic heterocycles. The van der Waals surface area contributed by atoms with Gasteiger partial charge in [-0.1, -0.05) is 91.0 Å². The molecule has 3 aromatic carbocycles. The molecular formula is C24H20F3NO3S. The highest BCUT2D eigenvalue weighted by molar-refractivity contribution is 8.00. The second kappa shape index (κ2) is 9.91. The van der Waals surface area contributed by atoms with Crippen LogP contribution in [0.3, 0.4) is 0 Å². The molecule has 0 saturated heterocycles. The molecule has 0 spiro atoms. The zero-order chi connectivity index (χ0) is 23.2. The molecule has 0 unspecified atom stereocenters. The number of rotatable bonds is 8. The van der Waals surface area contributed by atoms with Gasteiger partial charge in [-0.25, -0.2) is 4.79 Å². The zero-order valence-electron chi connectivity index (χ0n) is 16.8. The van der Waals surface area contributed by atoms with E-state index in [1.165, 1.54) is 0 Å². The first kappa shape index (κ1) is 23.4. The van der Waals surface area contributed by atoms with E-state index in [4.69, 9.17) is 0 Å². The number of hydrogen-bond acceptors (Lipinski definition) is 3. The van der Waals surface area contributed by atoms with Crippen LogP contribution >= 0.6 is 11.8 Å². The average molecular weight is 459 g/mol. The van der Waals surface area contributed by atoms with E-state index < -0.39 is 28.8 Å². The van der Waals surface area contributed by atoms with E-state index in [-0.39, 0.29) is 5.75 Å². The summed E-state index contributed by atoms with van der Waals surface area (Å²) in [6, 6.07) is 26.2. The summed E-state index contributed by atoms with van der Waals surface area (Å²) in [6.45, 7) is 0. The fraction of sp³-hybridized carbons (Fsp3) is 0.167. The Morgan fingerprint density at radius 1 is 0.781 bits per heavy atom. The minimum absolute atomic E-state index is 0.296. The number of hydrogen-bond donors (Lipinski definition) is 2. The van der Waals surface area contributed by atoms with Gasteiger partial charge in [0.2, 0.25) is 0 Å². The minimum atomic E-state index is -5.17. The quantitative estimate of drug-likeness (QED) is 0.473. The summed E-state index contributed by atoms with van der Waals surface area (Å²) in [5.74, 6) is -4.12. The smallest absolute Gasteiger partial charge is 0.471 e. The third-order valence-electron chi connectivity index (χ3n) is 4.87. The van der Waals surface area contributed by atoms with Crippen LogP contribution in [0, 0.1) is 0 Å². The van der Waals surface area contributed by atoms with Crippen LogP contribution in [0.4, 0.5) is 13.2 Å². The first-order valence-corrected chi connectivity index (χ1v) is 10.6. The summed E-state index contributed by atoms with van der Waals surface area (Å²) in [7, 11) is 0. The highest BCUT2D eigenvalue weighted by Gasteiger charge is 2.42. The van der Waals surface area contributed by atoms with Crippen molar-refractivity contribution in [2.75, 3.05) is 5.75 Å². The predicted molar refractivity (Wildman–Crippen MR) is 117 cm³/mol. The molecule has 0 aliphatic carbocycles. The van der Waals surface area contributed by atoms with Crippen LogP contribution in [0.2, 0.25) is 0 Å². The van der Waals surface area contributed by atoms with Crippen molar-refractivity contribution in [3.05, 3.63) is 108 Å². The molecule has 0 fully saturated rings. The molecule has 3 aromatic rings. The molecule has 166 valence electrons. The Hall–Kier alpha value is -3.26. The van der Waals surface area contributed by atoms with Gasteiger partial charge in [0, 0.05) is 5.75 Å².